The van der Waals surface area contributed by atoms with Gasteiger partial charge in [0.1, 0.15) is 0 Å². The van der Waals surface area contributed by atoms with E-state index in [1.807, 2.05) is 0 Å². The number of rotatable bonds is 4. The fourth-order valence-electron chi connectivity index (χ4n) is 4.70. The van der Waals surface area contributed by atoms with Gasteiger partial charge in [0.2, 0.25) is 10.0 Å². The van der Waals surface area contributed by atoms with Crippen LogP contribution < -0.4 is 4.87 Å². The molecule has 1 saturated heterocycles. The predicted octanol–water partition coefficient (Wildman–Crippen LogP) is 3.05. The van der Waals surface area contributed by atoms with Crippen molar-refractivity contribution in [2.75, 3.05) is 26.2 Å². The molecule has 0 spiro atoms. The third-order valence-electron chi connectivity index (χ3n) is 6.24. The summed E-state index contributed by atoms with van der Waals surface area (Å²) in [6, 6.07) is 13.5. The molecular formula is C22H25N3O3S2. The van der Waals surface area contributed by atoms with Crippen molar-refractivity contribution in [3.63, 3.8) is 0 Å². The first-order valence-electron chi connectivity index (χ1n) is 10.4. The highest BCUT2D eigenvalue weighted by atomic mass is 32.2. The van der Waals surface area contributed by atoms with Gasteiger partial charge in [-0.15, -0.1) is 0 Å². The molecule has 5 rings (SSSR count). The lowest BCUT2D eigenvalue weighted by molar-refractivity contribution is 0.167. The van der Waals surface area contributed by atoms with Gasteiger partial charge in [-0.1, -0.05) is 35.6 Å². The van der Waals surface area contributed by atoms with E-state index in [1.165, 1.54) is 11.1 Å². The molecule has 30 heavy (non-hydrogen) atoms. The SMILES string of the molecule is O=c1[nH]c2ccc(S(=O)(=O)N3CCCC(CN4CCc5ccccc5C4)C3)cc2s1. The fraction of sp³-hybridized carbons (Fsp3) is 0.409. The van der Waals surface area contributed by atoms with Gasteiger partial charge in [0.25, 0.3) is 0 Å². The summed E-state index contributed by atoms with van der Waals surface area (Å²) in [5.74, 6) is 0.339. The van der Waals surface area contributed by atoms with Crippen LogP contribution in [-0.2, 0) is 23.0 Å². The number of hydrogen-bond acceptors (Lipinski definition) is 5. The number of nitrogens with zero attached hydrogens (tertiary/aromatic N) is 2. The third kappa shape index (κ3) is 3.85. The Kier molecular flexibility index (Phi) is 5.26. The Morgan fingerprint density at radius 1 is 1.10 bits per heavy atom. The van der Waals surface area contributed by atoms with Crippen molar-refractivity contribution in [3.05, 3.63) is 63.3 Å². The van der Waals surface area contributed by atoms with Crippen LogP contribution in [-0.4, -0.2) is 48.8 Å². The normalized spacial score (nSPS) is 21.0. The molecule has 0 aliphatic carbocycles. The summed E-state index contributed by atoms with van der Waals surface area (Å²) in [6.07, 6.45) is 3.00. The highest BCUT2D eigenvalue weighted by molar-refractivity contribution is 7.89. The van der Waals surface area contributed by atoms with E-state index in [-0.39, 0.29) is 9.77 Å². The lowest BCUT2D eigenvalue weighted by Crippen LogP contribution is -2.44. The molecule has 1 atom stereocenters. The molecule has 1 unspecified atom stereocenters. The van der Waals surface area contributed by atoms with Crippen LogP contribution in [0.15, 0.2) is 52.2 Å². The van der Waals surface area contributed by atoms with Crippen molar-refractivity contribution < 1.29 is 8.42 Å². The van der Waals surface area contributed by atoms with Crippen LogP contribution in [0.4, 0.5) is 0 Å². The monoisotopic (exact) mass is 443 g/mol. The second-order valence-corrected chi connectivity index (χ2v) is 11.3. The minimum atomic E-state index is -3.56. The molecule has 1 fully saturated rings. The number of fused-ring (bicyclic) bond motifs is 2. The Bertz CT molecular complexity index is 1230. The first kappa shape index (κ1) is 19.9. The van der Waals surface area contributed by atoms with Crippen molar-refractivity contribution in [3.8, 4) is 0 Å². The molecule has 3 heterocycles. The zero-order chi connectivity index (χ0) is 20.7. The standard InChI is InChI=1S/C22H25N3O3S2/c26-22-23-20-8-7-19(12-21(20)29-22)30(27,28)25-10-3-4-16(14-25)13-24-11-9-17-5-1-2-6-18(17)15-24/h1-2,5-8,12,16H,3-4,9-11,13-15H2,(H,23,26). The molecule has 0 radical (unpaired) electrons. The van der Waals surface area contributed by atoms with Gasteiger partial charge < -0.3 is 4.98 Å². The summed E-state index contributed by atoms with van der Waals surface area (Å²) < 4.78 is 28.9. The summed E-state index contributed by atoms with van der Waals surface area (Å²) in [5, 5.41) is 0. The van der Waals surface area contributed by atoms with E-state index in [1.54, 1.807) is 22.5 Å². The average Bonchev–Trinajstić information content (AvgIpc) is 3.13. The van der Waals surface area contributed by atoms with E-state index in [9.17, 15) is 13.2 Å². The maximum Gasteiger partial charge on any atom is 0.305 e. The van der Waals surface area contributed by atoms with E-state index in [4.69, 9.17) is 0 Å². The second kappa shape index (κ2) is 7.92. The number of piperidine rings is 1. The van der Waals surface area contributed by atoms with Gasteiger partial charge in [-0.3, -0.25) is 9.69 Å². The van der Waals surface area contributed by atoms with Crippen LogP contribution in [0, 0.1) is 5.92 Å². The summed E-state index contributed by atoms with van der Waals surface area (Å²) in [4.78, 5) is 16.9. The van der Waals surface area contributed by atoms with Gasteiger partial charge in [0.15, 0.2) is 0 Å². The van der Waals surface area contributed by atoms with Crippen molar-refractivity contribution in [2.45, 2.75) is 30.7 Å². The van der Waals surface area contributed by atoms with Gasteiger partial charge in [0, 0.05) is 32.7 Å². The molecule has 0 amide bonds. The van der Waals surface area contributed by atoms with Crippen LogP contribution in [0.5, 0.6) is 0 Å². The Morgan fingerprint density at radius 3 is 2.80 bits per heavy atom. The minimum absolute atomic E-state index is 0.166. The Hall–Kier alpha value is -2.00. The van der Waals surface area contributed by atoms with Crippen LogP contribution in [0.3, 0.4) is 0 Å². The molecular weight excluding hydrogens is 418 g/mol. The number of benzene rings is 2. The maximum absolute atomic E-state index is 13.3. The van der Waals surface area contributed by atoms with Gasteiger partial charge in [-0.2, -0.15) is 4.31 Å². The fourth-order valence-corrected chi connectivity index (χ4v) is 7.14. The zero-order valence-corrected chi connectivity index (χ0v) is 18.3. The van der Waals surface area contributed by atoms with Crippen LogP contribution in [0.25, 0.3) is 10.2 Å². The van der Waals surface area contributed by atoms with Crippen molar-refractivity contribution in [1.82, 2.24) is 14.2 Å². The Balaban J connectivity index is 1.30. The second-order valence-electron chi connectivity index (χ2n) is 8.30. The van der Waals surface area contributed by atoms with Gasteiger partial charge in [-0.25, -0.2) is 8.42 Å². The molecule has 8 heteroatoms. The molecule has 158 valence electrons. The Morgan fingerprint density at radius 2 is 1.93 bits per heavy atom. The number of aromatic amines is 1. The van der Waals surface area contributed by atoms with Crippen molar-refractivity contribution >= 4 is 31.6 Å². The number of hydrogen-bond donors (Lipinski definition) is 1. The molecule has 2 aliphatic heterocycles. The number of nitrogens with one attached hydrogen (secondary N) is 1. The predicted molar refractivity (Wildman–Crippen MR) is 119 cm³/mol. The number of thiazole rings is 1. The molecule has 2 aromatic carbocycles. The van der Waals surface area contributed by atoms with E-state index in [0.29, 0.717) is 29.2 Å². The average molecular weight is 444 g/mol. The smallest absolute Gasteiger partial charge is 0.305 e. The largest absolute Gasteiger partial charge is 0.312 e. The van der Waals surface area contributed by atoms with Gasteiger partial charge in [-0.05, 0) is 54.5 Å². The van der Waals surface area contributed by atoms with Gasteiger partial charge in [0.05, 0.1) is 15.1 Å². The molecule has 3 aromatic rings. The van der Waals surface area contributed by atoms with Crippen molar-refractivity contribution in [1.29, 1.82) is 0 Å². The van der Waals surface area contributed by atoms with E-state index in [2.05, 4.69) is 34.1 Å². The number of aromatic nitrogens is 1. The molecule has 1 aromatic heterocycles. The molecule has 1 N–H and O–H groups in total. The third-order valence-corrected chi connectivity index (χ3v) is 8.94. The van der Waals surface area contributed by atoms with Crippen molar-refractivity contribution in [2.24, 2.45) is 5.92 Å². The lowest BCUT2D eigenvalue weighted by atomic mass is 9.95. The summed E-state index contributed by atoms with van der Waals surface area (Å²) >= 11 is 1.05. The Labute approximate surface area is 180 Å². The van der Waals surface area contributed by atoms with E-state index < -0.39 is 10.0 Å². The lowest BCUT2D eigenvalue weighted by Gasteiger charge is -2.36. The number of sulfonamides is 1. The molecule has 6 nitrogen and oxygen atoms in total. The van der Waals surface area contributed by atoms with Crippen LogP contribution in [0.2, 0.25) is 0 Å². The van der Waals surface area contributed by atoms with E-state index in [0.717, 1.165) is 50.2 Å². The topological polar surface area (TPSA) is 73.5 Å². The molecule has 2 aliphatic rings. The van der Waals surface area contributed by atoms with Gasteiger partial charge >= 0.3 is 4.87 Å². The highest BCUT2D eigenvalue weighted by Crippen LogP contribution is 2.28. The molecule has 0 bridgehead atoms. The first-order valence-corrected chi connectivity index (χ1v) is 12.7. The quantitative estimate of drug-likeness (QED) is 0.673. The molecule has 0 saturated carbocycles. The minimum Gasteiger partial charge on any atom is -0.312 e. The zero-order valence-electron chi connectivity index (χ0n) is 16.7. The summed E-state index contributed by atoms with van der Waals surface area (Å²) in [5.41, 5.74) is 3.51. The van der Waals surface area contributed by atoms with Crippen LogP contribution >= 0.6 is 11.3 Å². The van der Waals surface area contributed by atoms with E-state index >= 15 is 0 Å². The summed E-state index contributed by atoms with van der Waals surface area (Å²) in [6.45, 7) is 4.02. The maximum atomic E-state index is 13.3. The number of H-pyrrole nitrogens is 1. The highest BCUT2D eigenvalue weighted by Gasteiger charge is 2.31. The van der Waals surface area contributed by atoms with Crippen LogP contribution in [0.1, 0.15) is 24.0 Å². The summed E-state index contributed by atoms with van der Waals surface area (Å²) in [7, 11) is -3.56. The first-order chi connectivity index (χ1) is 14.5.